The van der Waals surface area contributed by atoms with Gasteiger partial charge in [-0.15, -0.1) is 0 Å². The highest BCUT2D eigenvalue weighted by molar-refractivity contribution is 4.76. The van der Waals surface area contributed by atoms with Gasteiger partial charge in [0.15, 0.2) is 0 Å². The van der Waals surface area contributed by atoms with Gasteiger partial charge in [-0.3, -0.25) is 10.1 Å². The first kappa shape index (κ1) is 8.46. The van der Waals surface area contributed by atoms with E-state index < -0.39 is 0 Å². The predicted octanol–water partition coefficient (Wildman–Crippen LogP) is 0.651. The van der Waals surface area contributed by atoms with E-state index in [1.54, 1.807) is 0 Å². The molecule has 0 unspecified atom stereocenters. The van der Waals surface area contributed by atoms with Crippen LogP contribution in [0.4, 0.5) is 0 Å². The first-order chi connectivity index (χ1) is 5.25. The van der Waals surface area contributed by atoms with Crippen LogP contribution in [-0.4, -0.2) is 24.1 Å². The predicted molar refractivity (Wildman–Crippen MR) is 42.1 cm³/mol. The third kappa shape index (κ3) is 1.89. The lowest BCUT2D eigenvalue weighted by Crippen LogP contribution is -2.44. The first-order valence-electron chi connectivity index (χ1n) is 4.10. The van der Waals surface area contributed by atoms with Crippen molar-refractivity contribution in [2.24, 2.45) is 5.92 Å². The highest BCUT2D eigenvalue weighted by Crippen LogP contribution is 2.17. The summed E-state index contributed by atoms with van der Waals surface area (Å²) in [5.74, 6) is 0.284. The maximum Gasteiger partial charge on any atom is 0.228 e. The summed E-state index contributed by atoms with van der Waals surface area (Å²) in [6.07, 6.45) is 1.87. The van der Waals surface area contributed by atoms with Gasteiger partial charge >= 0.3 is 0 Å². The van der Waals surface area contributed by atoms with Crippen LogP contribution in [0.2, 0.25) is 0 Å². The molecule has 0 aromatic carbocycles. The van der Waals surface area contributed by atoms with E-state index in [1.807, 2.05) is 6.92 Å². The molecule has 0 aromatic rings. The summed E-state index contributed by atoms with van der Waals surface area (Å²) in [5, 5.41) is 13.5. The van der Waals surface area contributed by atoms with Gasteiger partial charge in [-0.25, -0.2) is 0 Å². The number of nitro groups is 1. The van der Waals surface area contributed by atoms with Crippen molar-refractivity contribution in [2.45, 2.75) is 25.8 Å². The summed E-state index contributed by atoms with van der Waals surface area (Å²) in [6, 6.07) is -0.353. The van der Waals surface area contributed by atoms with Crippen LogP contribution in [0.1, 0.15) is 19.8 Å². The summed E-state index contributed by atoms with van der Waals surface area (Å²) >= 11 is 0. The molecule has 0 amide bonds. The van der Waals surface area contributed by atoms with Gasteiger partial charge < -0.3 is 5.32 Å². The molecule has 1 saturated heterocycles. The molecule has 0 radical (unpaired) electrons. The minimum atomic E-state index is -0.353. The molecule has 4 nitrogen and oxygen atoms in total. The molecule has 1 heterocycles. The molecule has 2 atom stereocenters. The Labute approximate surface area is 66.1 Å². The molecule has 4 heteroatoms. The van der Waals surface area contributed by atoms with Crippen LogP contribution in [0.3, 0.4) is 0 Å². The Morgan fingerprint density at radius 1 is 1.73 bits per heavy atom. The number of hydrogen-bond acceptors (Lipinski definition) is 3. The largest absolute Gasteiger partial charge is 0.310 e. The Morgan fingerprint density at radius 3 is 2.91 bits per heavy atom. The number of nitrogens with zero attached hydrogens (tertiary/aromatic N) is 1. The minimum absolute atomic E-state index is 0.152. The van der Waals surface area contributed by atoms with E-state index in [0.717, 1.165) is 19.4 Å². The fourth-order valence-electron chi connectivity index (χ4n) is 1.62. The SMILES string of the molecule is CC[C@H]1CCNC[C@@H]1[N+](=O)[O-]. The molecule has 1 fully saturated rings. The number of nitrogens with one attached hydrogen (secondary N) is 1. The molecule has 1 N–H and O–H groups in total. The molecule has 0 bridgehead atoms. The van der Waals surface area contributed by atoms with Crippen LogP contribution < -0.4 is 5.32 Å². The second-order valence-electron chi connectivity index (χ2n) is 3.01. The summed E-state index contributed by atoms with van der Waals surface area (Å²) < 4.78 is 0. The van der Waals surface area contributed by atoms with E-state index in [4.69, 9.17) is 0 Å². The van der Waals surface area contributed by atoms with Gasteiger partial charge in [0.05, 0.1) is 6.54 Å². The average molecular weight is 158 g/mol. The van der Waals surface area contributed by atoms with Crippen LogP contribution in [0.5, 0.6) is 0 Å². The highest BCUT2D eigenvalue weighted by atomic mass is 16.6. The van der Waals surface area contributed by atoms with Gasteiger partial charge in [0.1, 0.15) is 0 Å². The van der Waals surface area contributed by atoms with Crippen molar-refractivity contribution >= 4 is 0 Å². The summed E-state index contributed by atoms with van der Waals surface area (Å²) in [7, 11) is 0. The number of rotatable bonds is 2. The third-order valence-corrected chi connectivity index (χ3v) is 2.38. The summed E-state index contributed by atoms with van der Waals surface area (Å²) in [5.41, 5.74) is 0. The second kappa shape index (κ2) is 3.67. The monoisotopic (exact) mass is 158 g/mol. The van der Waals surface area contributed by atoms with Gasteiger partial charge in [-0.05, 0) is 19.4 Å². The Hall–Kier alpha value is -0.640. The van der Waals surface area contributed by atoms with E-state index in [1.165, 1.54) is 0 Å². The van der Waals surface area contributed by atoms with Crippen LogP contribution in [-0.2, 0) is 0 Å². The lowest BCUT2D eigenvalue weighted by Gasteiger charge is -2.24. The Bertz CT molecular complexity index is 149. The molecule has 64 valence electrons. The van der Waals surface area contributed by atoms with Crippen molar-refractivity contribution in [1.82, 2.24) is 5.32 Å². The van der Waals surface area contributed by atoms with Crippen molar-refractivity contribution in [2.75, 3.05) is 13.1 Å². The zero-order valence-electron chi connectivity index (χ0n) is 6.75. The van der Waals surface area contributed by atoms with E-state index in [-0.39, 0.29) is 16.9 Å². The molecular weight excluding hydrogens is 144 g/mol. The summed E-state index contributed by atoms with van der Waals surface area (Å²) in [4.78, 5) is 10.3. The van der Waals surface area contributed by atoms with Gasteiger partial charge in [0.25, 0.3) is 0 Å². The van der Waals surface area contributed by atoms with Crippen LogP contribution in [0.15, 0.2) is 0 Å². The Balaban J connectivity index is 2.51. The zero-order valence-corrected chi connectivity index (χ0v) is 6.75. The fourth-order valence-corrected chi connectivity index (χ4v) is 1.62. The lowest BCUT2D eigenvalue weighted by molar-refractivity contribution is -0.532. The quantitative estimate of drug-likeness (QED) is 0.474. The topological polar surface area (TPSA) is 55.2 Å². The molecule has 0 spiro atoms. The van der Waals surface area contributed by atoms with Crippen molar-refractivity contribution in [3.05, 3.63) is 10.1 Å². The summed E-state index contributed by atoms with van der Waals surface area (Å²) in [6.45, 7) is 3.50. The van der Waals surface area contributed by atoms with Crippen molar-refractivity contribution in [3.8, 4) is 0 Å². The molecule has 11 heavy (non-hydrogen) atoms. The second-order valence-corrected chi connectivity index (χ2v) is 3.01. The van der Waals surface area contributed by atoms with Gasteiger partial charge in [0, 0.05) is 10.8 Å². The molecule has 1 aliphatic heterocycles. The maximum absolute atomic E-state index is 10.5. The number of piperidine rings is 1. The molecule has 1 aliphatic rings. The zero-order chi connectivity index (χ0) is 8.27. The van der Waals surface area contributed by atoms with E-state index >= 15 is 0 Å². The Morgan fingerprint density at radius 2 is 2.45 bits per heavy atom. The molecule has 1 rings (SSSR count). The standard InChI is InChI=1S/C7H14N2O2/c1-2-6-3-4-8-5-7(6)9(10)11/h6-8H,2-5H2,1H3/t6-,7-/m0/s1. The minimum Gasteiger partial charge on any atom is -0.310 e. The lowest BCUT2D eigenvalue weighted by atomic mass is 9.91. The molecule has 0 aromatic heterocycles. The highest BCUT2D eigenvalue weighted by Gasteiger charge is 2.32. The van der Waals surface area contributed by atoms with Gasteiger partial charge in [-0.2, -0.15) is 0 Å². The fraction of sp³-hybridized carbons (Fsp3) is 1.00. The van der Waals surface area contributed by atoms with E-state index in [0.29, 0.717) is 6.54 Å². The van der Waals surface area contributed by atoms with Crippen LogP contribution in [0, 0.1) is 16.0 Å². The van der Waals surface area contributed by atoms with E-state index in [2.05, 4.69) is 5.32 Å². The molecule has 0 saturated carbocycles. The van der Waals surface area contributed by atoms with Gasteiger partial charge in [-0.1, -0.05) is 6.92 Å². The smallest absolute Gasteiger partial charge is 0.228 e. The van der Waals surface area contributed by atoms with Crippen molar-refractivity contribution < 1.29 is 4.92 Å². The normalized spacial score (nSPS) is 31.7. The maximum atomic E-state index is 10.5. The Kier molecular flexibility index (Phi) is 2.82. The first-order valence-corrected chi connectivity index (χ1v) is 4.10. The van der Waals surface area contributed by atoms with Crippen molar-refractivity contribution in [3.63, 3.8) is 0 Å². The van der Waals surface area contributed by atoms with Gasteiger partial charge in [0.2, 0.25) is 6.04 Å². The third-order valence-electron chi connectivity index (χ3n) is 2.38. The molecular formula is C7H14N2O2. The van der Waals surface area contributed by atoms with Crippen LogP contribution in [0.25, 0.3) is 0 Å². The average Bonchev–Trinajstić information content (AvgIpc) is 2.04. The van der Waals surface area contributed by atoms with Crippen LogP contribution >= 0.6 is 0 Å². The number of hydrogen-bond donors (Lipinski definition) is 1. The molecule has 0 aliphatic carbocycles. The van der Waals surface area contributed by atoms with Crippen molar-refractivity contribution in [1.29, 1.82) is 0 Å². The van der Waals surface area contributed by atoms with E-state index in [9.17, 15) is 10.1 Å².